The molecule has 0 N–H and O–H groups in total. The SMILES string of the molecule is O=C(c1ccc(Cc2ccc(-n3c4ccccc4c4cc(-c5ccc(-n6c7ccccc7c7ccccc76)nc5)ccc43)cc2)cc1)c1ccc(-n2c3ccccc3c3cc(-c4ccc(-n5c6ccccc6c6ccccc65)nc4)ccc32)cc1. The van der Waals surface area contributed by atoms with Gasteiger partial charge >= 0.3 is 0 Å². The van der Waals surface area contributed by atoms with Gasteiger partial charge in [0.15, 0.2) is 5.78 Å². The molecule has 0 bridgehead atoms. The van der Waals surface area contributed by atoms with E-state index >= 15 is 0 Å². The molecule has 0 fully saturated rings. The number of benzene rings is 11. The highest BCUT2D eigenvalue weighted by molar-refractivity contribution is 6.14. The lowest BCUT2D eigenvalue weighted by Crippen LogP contribution is -2.02. The van der Waals surface area contributed by atoms with E-state index in [0.717, 1.165) is 112 Å². The van der Waals surface area contributed by atoms with Crippen LogP contribution >= 0.6 is 0 Å². The molecule has 7 heteroatoms. The van der Waals surface area contributed by atoms with Crippen molar-refractivity contribution in [3.8, 4) is 45.3 Å². The Kier molecular flexibility index (Phi) is 11.0. The molecule has 17 rings (SSSR count). The van der Waals surface area contributed by atoms with Gasteiger partial charge in [0, 0.05) is 89.1 Å². The van der Waals surface area contributed by atoms with Crippen molar-refractivity contribution in [3.63, 3.8) is 0 Å². The maximum atomic E-state index is 14.0. The molecule has 0 amide bonds. The van der Waals surface area contributed by atoms with Crippen LogP contribution in [0.1, 0.15) is 27.0 Å². The molecule has 0 spiro atoms. The smallest absolute Gasteiger partial charge is 0.193 e. The van der Waals surface area contributed by atoms with Gasteiger partial charge in [-0.15, -0.1) is 0 Å². The van der Waals surface area contributed by atoms with Crippen LogP contribution in [-0.2, 0) is 6.42 Å². The number of rotatable bonds is 10. The van der Waals surface area contributed by atoms with E-state index in [-0.39, 0.29) is 5.78 Å². The van der Waals surface area contributed by atoms with Crippen LogP contribution in [0.5, 0.6) is 0 Å². The van der Waals surface area contributed by atoms with Crippen molar-refractivity contribution in [3.05, 3.63) is 314 Å². The lowest BCUT2D eigenvalue weighted by atomic mass is 9.99. The van der Waals surface area contributed by atoms with Gasteiger partial charge in [-0.2, -0.15) is 0 Å². The summed E-state index contributed by atoms with van der Waals surface area (Å²) in [6.07, 6.45) is 4.73. The van der Waals surface area contributed by atoms with Crippen LogP contribution < -0.4 is 0 Å². The number of aromatic nitrogens is 6. The van der Waals surface area contributed by atoms with Crippen molar-refractivity contribution >= 4 is 93.0 Å². The van der Waals surface area contributed by atoms with E-state index in [9.17, 15) is 4.79 Å². The van der Waals surface area contributed by atoms with Crippen LogP contribution in [0.2, 0.25) is 0 Å². The average Bonchev–Trinajstić information content (AvgIpc) is 2.52. The van der Waals surface area contributed by atoms with Gasteiger partial charge in [-0.05, 0) is 150 Å². The molecule has 0 unspecified atom stereocenters. The van der Waals surface area contributed by atoms with E-state index in [1.54, 1.807) is 0 Å². The van der Waals surface area contributed by atoms with Crippen LogP contribution in [0.3, 0.4) is 0 Å². The zero-order valence-electron chi connectivity index (χ0n) is 46.0. The van der Waals surface area contributed by atoms with Crippen molar-refractivity contribution < 1.29 is 4.79 Å². The summed E-state index contributed by atoms with van der Waals surface area (Å²) in [6.45, 7) is 0. The van der Waals surface area contributed by atoms with Gasteiger partial charge in [0.05, 0.1) is 44.1 Å². The van der Waals surface area contributed by atoms with Crippen molar-refractivity contribution in [2.75, 3.05) is 0 Å². The second-order valence-electron chi connectivity index (χ2n) is 22.1. The van der Waals surface area contributed by atoms with Crippen molar-refractivity contribution in [2.24, 2.45) is 0 Å². The highest BCUT2D eigenvalue weighted by atomic mass is 16.1. The minimum Gasteiger partial charge on any atom is -0.309 e. The molecule has 6 heterocycles. The van der Waals surface area contributed by atoms with Crippen molar-refractivity contribution in [1.29, 1.82) is 0 Å². The fourth-order valence-electron chi connectivity index (χ4n) is 13.3. The number of carbonyl (C=O) groups is 1. The summed E-state index contributed by atoms with van der Waals surface area (Å²) in [4.78, 5) is 24.1. The summed E-state index contributed by atoms with van der Waals surface area (Å²) < 4.78 is 9.15. The average molecular weight is 1090 g/mol. The maximum Gasteiger partial charge on any atom is 0.193 e. The van der Waals surface area contributed by atoms with Crippen LogP contribution in [0, 0.1) is 0 Å². The predicted octanol–water partition coefficient (Wildman–Crippen LogP) is 19.0. The van der Waals surface area contributed by atoms with E-state index in [2.05, 4.69) is 273 Å². The molecule has 0 radical (unpaired) electrons. The number of fused-ring (bicyclic) bond motifs is 12. The number of para-hydroxylation sites is 6. The molecule has 0 aliphatic rings. The fourth-order valence-corrected chi connectivity index (χ4v) is 13.3. The Labute approximate surface area is 488 Å². The number of hydrogen-bond acceptors (Lipinski definition) is 3. The molecule has 398 valence electrons. The standard InChI is InChI=1S/C78H50N6O/c85-78(53-31-39-59(40-32-53)82-69-20-8-6-18-65(69)67-47-55(34-42-75(67)82)57-36-44-77(80-49-57)84-72-23-11-3-15-62(72)63-16-4-12-24-73(63)84)52-29-25-50(26-30-52)45-51-27-37-58(38-28-51)81-68-19-7-5-17-64(68)66-46-54(33-41-74(66)81)56-35-43-76(79-48-56)83-70-21-9-1-13-60(70)61-14-2-10-22-71(61)83/h1-44,46-49H,45H2. The second-order valence-corrected chi connectivity index (χ2v) is 22.1. The molecular formula is C78H50N6O. The highest BCUT2D eigenvalue weighted by Gasteiger charge is 2.19. The van der Waals surface area contributed by atoms with Crippen molar-refractivity contribution in [2.45, 2.75) is 6.42 Å². The van der Waals surface area contributed by atoms with Crippen LogP contribution in [0.25, 0.3) is 132 Å². The molecule has 7 nitrogen and oxygen atoms in total. The summed E-state index contributed by atoms with van der Waals surface area (Å²) >= 11 is 0. The zero-order chi connectivity index (χ0) is 56.1. The number of carbonyl (C=O) groups excluding carboxylic acids is 1. The first-order chi connectivity index (χ1) is 42.1. The Bertz CT molecular complexity index is 5380. The topological polar surface area (TPSA) is 62.6 Å². The third-order valence-electron chi connectivity index (χ3n) is 17.3. The largest absolute Gasteiger partial charge is 0.309 e. The van der Waals surface area contributed by atoms with Gasteiger partial charge in [0.25, 0.3) is 0 Å². The molecule has 85 heavy (non-hydrogen) atoms. The minimum atomic E-state index is -0.00420. The molecular weight excluding hydrogens is 1040 g/mol. The minimum absolute atomic E-state index is 0.00420. The Hall–Kier alpha value is -11.4. The first-order valence-corrected chi connectivity index (χ1v) is 28.9. The molecule has 0 aliphatic heterocycles. The summed E-state index contributed by atoms with van der Waals surface area (Å²) in [7, 11) is 0. The van der Waals surface area contributed by atoms with Gasteiger partial charge in [0.1, 0.15) is 11.6 Å². The molecule has 6 aromatic heterocycles. The van der Waals surface area contributed by atoms with Gasteiger partial charge in [-0.3, -0.25) is 13.9 Å². The lowest BCUT2D eigenvalue weighted by molar-refractivity contribution is 0.103. The van der Waals surface area contributed by atoms with Crippen LogP contribution in [-0.4, -0.2) is 34.0 Å². The van der Waals surface area contributed by atoms with Gasteiger partial charge in [0.2, 0.25) is 0 Å². The third kappa shape index (κ3) is 7.85. The Balaban J connectivity index is 0.596. The molecule has 17 aromatic rings. The molecule has 0 saturated carbocycles. The van der Waals surface area contributed by atoms with Crippen LogP contribution in [0.15, 0.2) is 291 Å². The number of nitrogens with zero attached hydrogens (tertiary/aromatic N) is 6. The van der Waals surface area contributed by atoms with E-state index < -0.39 is 0 Å². The predicted molar refractivity (Wildman–Crippen MR) is 349 cm³/mol. The summed E-state index contributed by atoms with van der Waals surface area (Å²) in [5.41, 5.74) is 19.2. The Morgan fingerprint density at radius 2 is 0.565 bits per heavy atom. The number of hydrogen-bond donors (Lipinski definition) is 0. The number of pyridine rings is 2. The number of ketones is 1. The second kappa shape index (κ2) is 19.4. The Morgan fingerprint density at radius 1 is 0.271 bits per heavy atom. The molecule has 11 aromatic carbocycles. The zero-order valence-corrected chi connectivity index (χ0v) is 46.0. The van der Waals surface area contributed by atoms with Crippen molar-refractivity contribution in [1.82, 2.24) is 28.2 Å². The molecule has 0 aliphatic carbocycles. The van der Waals surface area contributed by atoms with E-state index in [4.69, 9.17) is 9.97 Å². The van der Waals surface area contributed by atoms with Gasteiger partial charge < -0.3 is 9.13 Å². The quantitative estimate of drug-likeness (QED) is 0.128. The fraction of sp³-hybridized carbons (Fsp3) is 0.0128. The normalized spacial score (nSPS) is 11.9. The summed E-state index contributed by atoms with van der Waals surface area (Å²) in [6, 6.07) is 98.3. The van der Waals surface area contributed by atoms with Gasteiger partial charge in [-0.25, -0.2) is 9.97 Å². The molecule has 0 saturated heterocycles. The first-order valence-electron chi connectivity index (χ1n) is 28.9. The van der Waals surface area contributed by atoms with E-state index in [0.29, 0.717) is 11.1 Å². The molecule has 0 atom stereocenters. The monoisotopic (exact) mass is 1090 g/mol. The summed E-state index contributed by atoms with van der Waals surface area (Å²) in [5, 5.41) is 9.60. The highest BCUT2D eigenvalue weighted by Crippen LogP contribution is 2.39. The lowest BCUT2D eigenvalue weighted by Gasteiger charge is -2.11. The van der Waals surface area contributed by atoms with E-state index in [1.165, 1.54) is 37.9 Å². The van der Waals surface area contributed by atoms with E-state index in [1.807, 2.05) is 36.7 Å². The first kappa shape index (κ1) is 48.3. The summed E-state index contributed by atoms with van der Waals surface area (Å²) in [5.74, 6) is 1.78. The third-order valence-corrected chi connectivity index (χ3v) is 17.3. The Morgan fingerprint density at radius 3 is 0.929 bits per heavy atom. The van der Waals surface area contributed by atoms with Gasteiger partial charge in [-0.1, -0.05) is 158 Å². The maximum absolute atomic E-state index is 14.0. The van der Waals surface area contributed by atoms with Crippen LogP contribution in [0.4, 0.5) is 0 Å².